The molecule has 7 heteroatoms. The third-order valence-electron chi connectivity index (χ3n) is 2.78. The van der Waals surface area contributed by atoms with Crippen molar-refractivity contribution in [3.63, 3.8) is 0 Å². The van der Waals surface area contributed by atoms with Crippen molar-refractivity contribution >= 4 is 54.1 Å². The standard InChI is InChI=1S/C14H13BrN4OS/c1-2-20-9-3-4-11-12(6-9)21-14(18-11)19-13-10(16)5-8(15)7-17-13/h3-7H,2,16H2,1H3,(H,17,18,19). The van der Waals surface area contributed by atoms with Crippen molar-refractivity contribution in [3.8, 4) is 5.75 Å². The number of pyridine rings is 1. The molecule has 3 aromatic rings. The summed E-state index contributed by atoms with van der Waals surface area (Å²) < 4.78 is 7.39. The number of nitrogen functional groups attached to an aromatic ring is 1. The molecule has 0 radical (unpaired) electrons. The normalized spacial score (nSPS) is 10.8. The van der Waals surface area contributed by atoms with Crippen LogP contribution in [0.3, 0.4) is 0 Å². The molecule has 2 heterocycles. The first-order chi connectivity index (χ1) is 10.2. The molecule has 0 aliphatic heterocycles. The number of hydrogen-bond acceptors (Lipinski definition) is 6. The fourth-order valence-electron chi connectivity index (χ4n) is 1.88. The van der Waals surface area contributed by atoms with Crippen molar-refractivity contribution < 1.29 is 4.74 Å². The maximum absolute atomic E-state index is 5.93. The van der Waals surface area contributed by atoms with E-state index in [4.69, 9.17) is 10.5 Å². The fraction of sp³-hybridized carbons (Fsp3) is 0.143. The Kier molecular flexibility index (Phi) is 3.94. The maximum atomic E-state index is 5.93. The van der Waals surface area contributed by atoms with Crippen LogP contribution in [0.1, 0.15) is 6.92 Å². The topological polar surface area (TPSA) is 73.1 Å². The van der Waals surface area contributed by atoms with Crippen molar-refractivity contribution in [1.29, 1.82) is 0 Å². The molecule has 1 aromatic carbocycles. The van der Waals surface area contributed by atoms with Gasteiger partial charge in [0.05, 0.1) is 22.5 Å². The average Bonchev–Trinajstić information content (AvgIpc) is 2.84. The Morgan fingerprint density at radius 3 is 3.00 bits per heavy atom. The van der Waals surface area contributed by atoms with Gasteiger partial charge in [-0.2, -0.15) is 0 Å². The van der Waals surface area contributed by atoms with Crippen molar-refractivity contribution in [2.45, 2.75) is 6.92 Å². The van der Waals surface area contributed by atoms with Gasteiger partial charge in [-0.25, -0.2) is 9.97 Å². The Balaban J connectivity index is 1.90. The van der Waals surface area contributed by atoms with Crippen LogP contribution in [0, 0.1) is 0 Å². The number of nitrogens with one attached hydrogen (secondary N) is 1. The number of hydrogen-bond donors (Lipinski definition) is 2. The highest BCUT2D eigenvalue weighted by molar-refractivity contribution is 9.10. The van der Waals surface area contributed by atoms with Crippen LogP contribution in [0.4, 0.5) is 16.6 Å². The van der Waals surface area contributed by atoms with Crippen LogP contribution in [0.5, 0.6) is 5.75 Å². The second-order valence-electron chi connectivity index (χ2n) is 4.30. The lowest BCUT2D eigenvalue weighted by molar-refractivity contribution is 0.341. The van der Waals surface area contributed by atoms with Gasteiger partial charge in [0.25, 0.3) is 0 Å². The van der Waals surface area contributed by atoms with Crippen molar-refractivity contribution in [2.75, 3.05) is 17.7 Å². The van der Waals surface area contributed by atoms with E-state index in [-0.39, 0.29) is 0 Å². The van der Waals surface area contributed by atoms with Gasteiger partial charge in [-0.15, -0.1) is 0 Å². The van der Waals surface area contributed by atoms with Crippen LogP contribution in [0.15, 0.2) is 34.9 Å². The van der Waals surface area contributed by atoms with E-state index in [1.165, 1.54) is 11.3 Å². The Hall–Kier alpha value is -1.86. The number of rotatable bonds is 4. The molecule has 3 rings (SSSR count). The van der Waals surface area contributed by atoms with Crippen LogP contribution in [0.25, 0.3) is 10.2 Å². The largest absolute Gasteiger partial charge is 0.494 e. The molecule has 0 amide bonds. The van der Waals surface area contributed by atoms with Crippen molar-refractivity contribution in [2.24, 2.45) is 0 Å². The third-order valence-corrected chi connectivity index (χ3v) is 4.15. The summed E-state index contributed by atoms with van der Waals surface area (Å²) in [4.78, 5) is 8.77. The quantitative estimate of drug-likeness (QED) is 0.726. The van der Waals surface area contributed by atoms with E-state index in [2.05, 4.69) is 31.2 Å². The summed E-state index contributed by atoms with van der Waals surface area (Å²) in [6.45, 7) is 2.61. The molecule has 0 bridgehead atoms. The van der Waals surface area contributed by atoms with Crippen molar-refractivity contribution in [1.82, 2.24) is 9.97 Å². The molecule has 0 aliphatic carbocycles. The van der Waals surface area contributed by atoms with Gasteiger partial charge in [0.2, 0.25) is 0 Å². The predicted molar refractivity (Wildman–Crippen MR) is 90.4 cm³/mol. The lowest BCUT2D eigenvalue weighted by Crippen LogP contribution is -1.98. The molecule has 0 saturated heterocycles. The summed E-state index contributed by atoms with van der Waals surface area (Å²) in [5, 5.41) is 3.90. The molecular formula is C14H13BrN4OS. The zero-order valence-corrected chi connectivity index (χ0v) is 13.7. The first kappa shape index (κ1) is 14.1. The zero-order chi connectivity index (χ0) is 14.8. The fourth-order valence-corrected chi connectivity index (χ4v) is 3.12. The lowest BCUT2D eigenvalue weighted by Gasteiger charge is -2.04. The molecular weight excluding hydrogens is 352 g/mol. The zero-order valence-electron chi connectivity index (χ0n) is 11.3. The van der Waals surface area contributed by atoms with E-state index in [0.717, 1.165) is 25.6 Å². The van der Waals surface area contributed by atoms with Crippen LogP contribution in [-0.4, -0.2) is 16.6 Å². The van der Waals surface area contributed by atoms with E-state index in [1.807, 2.05) is 25.1 Å². The van der Waals surface area contributed by atoms with E-state index in [1.54, 1.807) is 12.3 Å². The number of ether oxygens (including phenoxy) is 1. The van der Waals surface area contributed by atoms with Gasteiger partial charge in [-0.3, -0.25) is 0 Å². The monoisotopic (exact) mass is 364 g/mol. The number of anilines is 3. The number of aromatic nitrogens is 2. The number of halogens is 1. The number of thiazole rings is 1. The molecule has 108 valence electrons. The Bertz CT molecular complexity index is 790. The molecule has 0 atom stereocenters. The lowest BCUT2D eigenvalue weighted by atomic mass is 10.3. The summed E-state index contributed by atoms with van der Waals surface area (Å²) in [6, 6.07) is 7.65. The highest BCUT2D eigenvalue weighted by atomic mass is 79.9. The van der Waals surface area contributed by atoms with Gasteiger partial charge in [-0.1, -0.05) is 11.3 Å². The van der Waals surface area contributed by atoms with Crippen LogP contribution >= 0.6 is 27.3 Å². The highest BCUT2D eigenvalue weighted by Crippen LogP contribution is 2.32. The second-order valence-corrected chi connectivity index (χ2v) is 6.24. The number of benzene rings is 1. The molecule has 0 aliphatic rings. The van der Waals surface area contributed by atoms with Gasteiger partial charge < -0.3 is 15.8 Å². The van der Waals surface area contributed by atoms with Gasteiger partial charge >= 0.3 is 0 Å². The molecule has 3 N–H and O–H groups in total. The van der Waals surface area contributed by atoms with Gasteiger partial charge in [0.1, 0.15) is 5.75 Å². The van der Waals surface area contributed by atoms with Gasteiger partial charge in [0, 0.05) is 10.7 Å². The number of fused-ring (bicyclic) bond motifs is 1. The Labute approximate surface area is 134 Å². The summed E-state index contributed by atoms with van der Waals surface area (Å²) >= 11 is 4.87. The molecule has 2 aromatic heterocycles. The van der Waals surface area contributed by atoms with Crippen LogP contribution in [-0.2, 0) is 0 Å². The minimum absolute atomic E-state index is 0.568. The second kappa shape index (κ2) is 5.87. The molecule has 0 unspecified atom stereocenters. The Morgan fingerprint density at radius 1 is 1.38 bits per heavy atom. The van der Waals surface area contributed by atoms with Crippen LogP contribution in [0.2, 0.25) is 0 Å². The van der Waals surface area contributed by atoms with Crippen LogP contribution < -0.4 is 15.8 Å². The summed E-state index contributed by atoms with van der Waals surface area (Å²) in [5.74, 6) is 1.45. The minimum Gasteiger partial charge on any atom is -0.494 e. The minimum atomic E-state index is 0.568. The highest BCUT2D eigenvalue weighted by Gasteiger charge is 2.08. The Morgan fingerprint density at radius 2 is 2.24 bits per heavy atom. The molecule has 0 saturated carbocycles. The van der Waals surface area contributed by atoms with E-state index in [9.17, 15) is 0 Å². The van der Waals surface area contributed by atoms with Crippen molar-refractivity contribution in [3.05, 3.63) is 34.9 Å². The van der Waals surface area contributed by atoms with Gasteiger partial charge in [0.15, 0.2) is 10.9 Å². The summed E-state index contributed by atoms with van der Waals surface area (Å²) in [6.07, 6.45) is 1.69. The first-order valence-electron chi connectivity index (χ1n) is 6.37. The van der Waals surface area contributed by atoms with E-state index >= 15 is 0 Å². The smallest absolute Gasteiger partial charge is 0.189 e. The third kappa shape index (κ3) is 3.08. The number of nitrogens with zero attached hydrogens (tertiary/aromatic N) is 2. The first-order valence-corrected chi connectivity index (χ1v) is 7.98. The van der Waals surface area contributed by atoms with E-state index < -0.39 is 0 Å². The molecule has 0 fully saturated rings. The molecule has 5 nitrogen and oxygen atoms in total. The van der Waals surface area contributed by atoms with E-state index in [0.29, 0.717) is 18.1 Å². The predicted octanol–water partition coefficient (Wildman–Crippen LogP) is 4.18. The molecule has 21 heavy (non-hydrogen) atoms. The SMILES string of the molecule is CCOc1ccc2nc(Nc3ncc(Br)cc3N)sc2c1. The van der Waals surface area contributed by atoms with Gasteiger partial charge in [-0.05, 0) is 47.1 Å². The summed E-state index contributed by atoms with van der Waals surface area (Å²) in [5.41, 5.74) is 7.42. The maximum Gasteiger partial charge on any atom is 0.189 e. The average molecular weight is 365 g/mol. The summed E-state index contributed by atoms with van der Waals surface area (Å²) in [7, 11) is 0. The number of nitrogens with two attached hydrogens (primary N) is 1. The molecule has 0 spiro atoms.